The van der Waals surface area contributed by atoms with Gasteiger partial charge in [-0.2, -0.15) is 0 Å². The van der Waals surface area contributed by atoms with Gasteiger partial charge < -0.3 is 4.90 Å². The maximum absolute atomic E-state index is 13.4. The maximum atomic E-state index is 13.4. The summed E-state index contributed by atoms with van der Waals surface area (Å²) in [4.78, 5) is 14.6. The normalized spacial score (nSPS) is 20.3. The number of rotatable bonds is 2. The lowest BCUT2D eigenvalue weighted by atomic mass is 9.94. The summed E-state index contributed by atoms with van der Waals surface area (Å²) in [6.07, 6.45) is 3.89. The molecule has 2 aliphatic heterocycles. The SMILES string of the molecule is CS(=O)(=O)N1CCC(C(=O)N2CCCc3cc(F)ccc32)CC1. The fourth-order valence-electron chi connectivity index (χ4n) is 3.45. The molecule has 0 aliphatic carbocycles. The second kappa shape index (κ2) is 6.20. The predicted molar refractivity (Wildman–Crippen MR) is 86.2 cm³/mol. The molecule has 2 heterocycles. The predicted octanol–water partition coefficient (Wildman–Crippen LogP) is 1.78. The highest BCUT2D eigenvalue weighted by Gasteiger charge is 2.33. The Balaban J connectivity index is 1.73. The van der Waals surface area contributed by atoms with Gasteiger partial charge in [0.05, 0.1) is 6.26 Å². The van der Waals surface area contributed by atoms with Crippen LogP contribution in [0.2, 0.25) is 0 Å². The third-order valence-electron chi connectivity index (χ3n) is 4.70. The fourth-order valence-corrected chi connectivity index (χ4v) is 4.32. The van der Waals surface area contributed by atoms with Crippen molar-refractivity contribution in [1.82, 2.24) is 4.31 Å². The van der Waals surface area contributed by atoms with Crippen molar-refractivity contribution < 1.29 is 17.6 Å². The zero-order valence-electron chi connectivity index (χ0n) is 13.2. The number of halogens is 1. The molecule has 1 fully saturated rings. The van der Waals surface area contributed by atoms with Gasteiger partial charge in [0, 0.05) is 31.2 Å². The molecule has 0 N–H and O–H groups in total. The van der Waals surface area contributed by atoms with Crippen LogP contribution in [0.1, 0.15) is 24.8 Å². The van der Waals surface area contributed by atoms with E-state index < -0.39 is 10.0 Å². The summed E-state index contributed by atoms with van der Waals surface area (Å²) < 4.78 is 37.9. The highest BCUT2D eigenvalue weighted by Crippen LogP contribution is 2.31. The van der Waals surface area contributed by atoms with Crippen molar-refractivity contribution in [3.63, 3.8) is 0 Å². The molecule has 0 radical (unpaired) electrons. The number of sulfonamides is 1. The average molecular weight is 340 g/mol. The van der Waals surface area contributed by atoms with Crippen molar-refractivity contribution in [2.45, 2.75) is 25.7 Å². The molecule has 3 rings (SSSR count). The van der Waals surface area contributed by atoms with Crippen LogP contribution in [0.3, 0.4) is 0 Å². The summed E-state index contributed by atoms with van der Waals surface area (Å²) in [6, 6.07) is 4.56. The number of benzene rings is 1. The first-order valence-corrected chi connectivity index (χ1v) is 9.76. The smallest absolute Gasteiger partial charge is 0.230 e. The van der Waals surface area contributed by atoms with Crippen LogP contribution >= 0.6 is 0 Å². The van der Waals surface area contributed by atoms with E-state index in [0.717, 1.165) is 24.1 Å². The Kier molecular flexibility index (Phi) is 4.42. The molecule has 1 saturated heterocycles. The lowest BCUT2D eigenvalue weighted by Crippen LogP contribution is -2.45. The number of aryl methyl sites for hydroxylation is 1. The Labute approximate surface area is 136 Å². The zero-order chi connectivity index (χ0) is 16.6. The number of carbonyl (C=O) groups excluding carboxylic acids is 1. The quantitative estimate of drug-likeness (QED) is 0.824. The number of nitrogens with zero attached hydrogens (tertiary/aromatic N) is 2. The highest BCUT2D eigenvalue weighted by atomic mass is 32.2. The Morgan fingerprint density at radius 2 is 1.91 bits per heavy atom. The number of carbonyl (C=O) groups is 1. The van der Waals surface area contributed by atoms with Gasteiger partial charge in [0.15, 0.2) is 0 Å². The van der Waals surface area contributed by atoms with E-state index in [1.165, 1.54) is 22.7 Å². The molecule has 0 bridgehead atoms. The minimum absolute atomic E-state index is 0.0331. The van der Waals surface area contributed by atoms with E-state index in [9.17, 15) is 17.6 Å². The second-order valence-corrected chi connectivity index (χ2v) is 8.29. The minimum Gasteiger partial charge on any atom is -0.312 e. The van der Waals surface area contributed by atoms with Crippen LogP contribution < -0.4 is 4.90 Å². The summed E-state index contributed by atoms with van der Waals surface area (Å²) in [6.45, 7) is 1.42. The molecule has 126 valence electrons. The van der Waals surface area contributed by atoms with Crippen LogP contribution in [-0.4, -0.2) is 44.5 Å². The topological polar surface area (TPSA) is 57.7 Å². The van der Waals surface area contributed by atoms with E-state index in [4.69, 9.17) is 0 Å². The number of hydrogen-bond donors (Lipinski definition) is 0. The second-order valence-electron chi connectivity index (χ2n) is 6.30. The first kappa shape index (κ1) is 16.4. The van der Waals surface area contributed by atoms with Gasteiger partial charge in [-0.3, -0.25) is 4.79 Å². The van der Waals surface area contributed by atoms with Gasteiger partial charge in [-0.25, -0.2) is 17.1 Å². The van der Waals surface area contributed by atoms with Crippen molar-refractivity contribution in [2.24, 2.45) is 5.92 Å². The summed E-state index contributed by atoms with van der Waals surface area (Å²) in [5, 5.41) is 0. The van der Waals surface area contributed by atoms with Crippen molar-refractivity contribution in [1.29, 1.82) is 0 Å². The van der Waals surface area contributed by atoms with Crippen LogP contribution in [0.5, 0.6) is 0 Å². The molecule has 0 atom stereocenters. The van der Waals surface area contributed by atoms with Crippen LogP contribution in [0.25, 0.3) is 0 Å². The van der Waals surface area contributed by atoms with Crippen LogP contribution in [0, 0.1) is 11.7 Å². The Hall–Kier alpha value is -1.47. The van der Waals surface area contributed by atoms with Crippen molar-refractivity contribution in [3.05, 3.63) is 29.6 Å². The fraction of sp³-hybridized carbons (Fsp3) is 0.562. The molecule has 23 heavy (non-hydrogen) atoms. The van der Waals surface area contributed by atoms with Gasteiger partial charge in [-0.1, -0.05) is 0 Å². The molecular formula is C16H21FN2O3S. The average Bonchev–Trinajstić information content (AvgIpc) is 2.52. The molecule has 0 unspecified atom stereocenters. The van der Waals surface area contributed by atoms with Crippen molar-refractivity contribution in [3.8, 4) is 0 Å². The monoisotopic (exact) mass is 340 g/mol. The molecule has 1 aromatic rings. The third-order valence-corrected chi connectivity index (χ3v) is 6.00. The molecule has 5 nitrogen and oxygen atoms in total. The van der Waals surface area contributed by atoms with Crippen LogP contribution in [0.15, 0.2) is 18.2 Å². The number of fused-ring (bicyclic) bond motifs is 1. The molecule has 2 aliphatic rings. The van der Waals surface area contributed by atoms with E-state index in [-0.39, 0.29) is 17.6 Å². The molecule has 1 aromatic carbocycles. The summed E-state index contributed by atoms with van der Waals surface area (Å²) in [5.74, 6) is -0.408. The number of hydrogen-bond acceptors (Lipinski definition) is 3. The standard InChI is InChI=1S/C16H21FN2O3S/c1-23(21,22)18-9-6-12(7-10-18)16(20)19-8-2-3-13-11-14(17)4-5-15(13)19/h4-5,11-12H,2-3,6-10H2,1H3. The molecular weight excluding hydrogens is 319 g/mol. The van der Waals surface area contributed by atoms with Crippen molar-refractivity contribution in [2.75, 3.05) is 30.8 Å². The third kappa shape index (κ3) is 3.40. The molecule has 1 amide bonds. The Morgan fingerprint density at radius 3 is 2.57 bits per heavy atom. The Morgan fingerprint density at radius 1 is 1.22 bits per heavy atom. The lowest BCUT2D eigenvalue weighted by molar-refractivity contribution is -0.123. The van der Waals surface area contributed by atoms with Gasteiger partial charge in [0.25, 0.3) is 0 Å². The van der Waals surface area contributed by atoms with Gasteiger partial charge >= 0.3 is 0 Å². The highest BCUT2D eigenvalue weighted by molar-refractivity contribution is 7.88. The van der Waals surface area contributed by atoms with Crippen LogP contribution in [-0.2, 0) is 21.2 Å². The van der Waals surface area contributed by atoms with Gasteiger partial charge in [0.2, 0.25) is 15.9 Å². The zero-order valence-corrected chi connectivity index (χ0v) is 14.0. The van der Waals surface area contributed by atoms with E-state index in [2.05, 4.69) is 0 Å². The summed E-state index contributed by atoms with van der Waals surface area (Å²) in [5.41, 5.74) is 1.67. The van der Waals surface area contributed by atoms with Gasteiger partial charge in [-0.05, 0) is 49.4 Å². The molecule has 0 aromatic heterocycles. The number of anilines is 1. The summed E-state index contributed by atoms with van der Waals surface area (Å²) in [7, 11) is -3.19. The van der Waals surface area contributed by atoms with Crippen LogP contribution in [0.4, 0.5) is 10.1 Å². The van der Waals surface area contributed by atoms with E-state index >= 15 is 0 Å². The largest absolute Gasteiger partial charge is 0.312 e. The van der Waals surface area contributed by atoms with E-state index in [0.29, 0.717) is 32.5 Å². The molecule has 0 saturated carbocycles. The number of amides is 1. The first-order valence-electron chi connectivity index (χ1n) is 7.91. The number of piperidine rings is 1. The van der Waals surface area contributed by atoms with E-state index in [1.54, 1.807) is 11.0 Å². The lowest BCUT2D eigenvalue weighted by Gasteiger charge is -2.35. The first-order chi connectivity index (χ1) is 10.9. The minimum atomic E-state index is -3.19. The van der Waals surface area contributed by atoms with E-state index in [1.807, 2.05) is 0 Å². The maximum Gasteiger partial charge on any atom is 0.230 e. The Bertz CT molecular complexity index is 712. The summed E-state index contributed by atoms with van der Waals surface area (Å²) >= 11 is 0. The molecule has 7 heteroatoms. The van der Waals surface area contributed by atoms with Gasteiger partial charge in [0.1, 0.15) is 5.82 Å². The van der Waals surface area contributed by atoms with Crippen molar-refractivity contribution >= 4 is 21.6 Å². The molecule has 0 spiro atoms. The van der Waals surface area contributed by atoms with Gasteiger partial charge in [-0.15, -0.1) is 0 Å².